The summed E-state index contributed by atoms with van der Waals surface area (Å²) in [6.45, 7) is 3.99. The van der Waals surface area contributed by atoms with Gasteiger partial charge in [0.2, 0.25) is 0 Å². The molecule has 0 aromatic carbocycles. The van der Waals surface area contributed by atoms with Crippen molar-refractivity contribution in [3.63, 3.8) is 0 Å². The van der Waals surface area contributed by atoms with Crippen molar-refractivity contribution in [3.8, 4) is 0 Å². The van der Waals surface area contributed by atoms with E-state index in [9.17, 15) is 0 Å². The molecular weight excluding hydrogens is 100 g/mol. The van der Waals surface area contributed by atoms with E-state index < -0.39 is 0 Å². The van der Waals surface area contributed by atoms with Crippen LogP contribution in [0.5, 0.6) is 0 Å². The number of nitrogens with two attached hydrogens (primary N) is 1. The van der Waals surface area contributed by atoms with Crippen LogP contribution in [0.2, 0.25) is 0 Å². The maximum Gasteiger partial charge on any atom is 0.0125 e. The fraction of sp³-hybridized carbons (Fsp3) is 0.333. The first kappa shape index (κ1) is 7.24. The summed E-state index contributed by atoms with van der Waals surface area (Å²) in [6.07, 6.45) is 5.60. The van der Waals surface area contributed by atoms with Gasteiger partial charge in [-0.3, -0.25) is 5.84 Å². The van der Waals surface area contributed by atoms with Crippen LogP contribution in [0.1, 0.15) is 13.8 Å². The Morgan fingerprint density at radius 2 is 2.25 bits per heavy atom. The van der Waals surface area contributed by atoms with Crippen molar-refractivity contribution >= 4 is 0 Å². The summed E-state index contributed by atoms with van der Waals surface area (Å²) < 4.78 is 0. The van der Waals surface area contributed by atoms with E-state index in [1.54, 1.807) is 6.20 Å². The predicted octanol–water partition coefficient (Wildman–Crippen LogP) is 0.930. The number of nitrogens with one attached hydrogen (secondary N) is 1. The first-order valence-corrected chi connectivity index (χ1v) is 2.57. The lowest BCUT2D eigenvalue weighted by Crippen LogP contribution is -2.12. The lowest BCUT2D eigenvalue weighted by Gasteiger charge is -1.86. The monoisotopic (exact) mass is 112 g/mol. The molecule has 0 bridgehead atoms. The lowest BCUT2D eigenvalue weighted by molar-refractivity contribution is 0.966. The molecular formula is C6H12N2. The van der Waals surface area contributed by atoms with Crippen molar-refractivity contribution in [2.45, 2.75) is 13.8 Å². The van der Waals surface area contributed by atoms with E-state index in [-0.39, 0.29) is 0 Å². The van der Waals surface area contributed by atoms with Crippen LogP contribution in [0.4, 0.5) is 0 Å². The van der Waals surface area contributed by atoms with Crippen LogP contribution in [0.25, 0.3) is 0 Å². The highest BCUT2D eigenvalue weighted by Gasteiger charge is 1.71. The fourth-order valence-corrected chi connectivity index (χ4v) is 0.276. The Morgan fingerprint density at radius 3 is 2.62 bits per heavy atom. The van der Waals surface area contributed by atoms with E-state index in [4.69, 9.17) is 5.84 Å². The molecule has 0 aromatic rings. The van der Waals surface area contributed by atoms with Gasteiger partial charge < -0.3 is 5.43 Å². The van der Waals surface area contributed by atoms with Crippen LogP contribution < -0.4 is 11.3 Å². The molecule has 0 unspecified atom stereocenters. The summed E-state index contributed by atoms with van der Waals surface area (Å²) in [4.78, 5) is 0. The zero-order chi connectivity index (χ0) is 6.41. The summed E-state index contributed by atoms with van der Waals surface area (Å²) in [6, 6.07) is 0. The quantitative estimate of drug-likeness (QED) is 0.317. The third-order valence-electron chi connectivity index (χ3n) is 0.898. The second-order valence-electron chi connectivity index (χ2n) is 1.53. The van der Waals surface area contributed by atoms with Gasteiger partial charge in [-0.1, -0.05) is 11.6 Å². The number of allylic oxidation sites excluding steroid dienone is 3. The average molecular weight is 112 g/mol. The standard InChI is InChI=1S/C6H12N2/c1-3-6(2)4-5-8-7/h3-5,8H,7H2,1-2H3/b5-4-,6-3-. The largest absolute Gasteiger partial charge is 0.331 e. The molecule has 0 aliphatic carbocycles. The normalized spacial score (nSPS) is 12.6. The Labute approximate surface area is 50.0 Å². The van der Waals surface area contributed by atoms with E-state index in [2.05, 4.69) is 5.43 Å². The fourth-order valence-electron chi connectivity index (χ4n) is 0.276. The maximum absolute atomic E-state index is 4.97. The maximum atomic E-state index is 4.97. The highest BCUT2D eigenvalue weighted by Crippen LogP contribution is 1.90. The Hall–Kier alpha value is -0.760. The zero-order valence-electron chi connectivity index (χ0n) is 5.31. The zero-order valence-corrected chi connectivity index (χ0v) is 5.31. The summed E-state index contributed by atoms with van der Waals surface area (Å²) in [5, 5.41) is 0. The van der Waals surface area contributed by atoms with Gasteiger partial charge in [0.25, 0.3) is 0 Å². The first-order chi connectivity index (χ1) is 3.81. The van der Waals surface area contributed by atoms with Crippen LogP contribution in [0.15, 0.2) is 23.9 Å². The van der Waals surface area contributed by atoms with Gasteiger partial charge in [0.1, 0.15) is 0 Å². The molecule has 8 heavy (non-hydrogen) atoms. The summed E-state index contributed by atoms with van der Waals surface area (Å²) in [5.41, 5.74) is 3.61. The molecule has 0 rings (SSSR count). The van der Waals surface area contributed by atoms with E-state index in [0.717, 1.165) is 0 Å². The molecule has 0 aliphatic rings. The summed E-state index contributed by atoms with van der Waals surface area (Å²) in [7, 11) is 0. The Balaban J connectivity index is 3.53. The molecule has 0 aliphatic heterocycles. The van der Waals surface area contributed by atoms with Gasteiger partial charge in [0.05, 0.1) is 0 Å². The van der Waals surface area contributed by atoms with E-state index in [1.165, 1.54) is 5.57 Å². The van der Waals surface area contributed by atoms with Crippen LogP contribution in [0.3, 0.4) is 0 Å². The summed E-state index contributed by atoms with van der Waals surface area (Å²) in [5.74, 6) is 4.97. The predicted molar refractivity (Wildman–Crippen MR) is 35.9 cm³/mol. The van der Waals surface area contributed by atoms with Gasteiger partial charge >= 0.3 is 0 Å². The first-order valence-electron chi connectivity index (χ1n) is 2.57. The highest BCUT2D eigenvalue weighted by molar-refractivity contribution is 5.13. The molecule has 0 amide bonds. The Morgan fingerprint density at radius 1 is 1.62 bits per heavy atom. The lowest BCUT2D eigenvalue weighted by atomic mass is 10.3. The van der Waals surface area contributed by atoms with Gasteiger partial charge in [0, 0.05) is 6.20 Å². The minimum Gasteiger partial charge on any atom is -0.331 e. The SMILES string of the molecule is C/C=C(C)\C=C/NN. The smallest absolute Gasteiger partial charge is 0.0125 e. The van der Waals surface area contributed by atoms with E-state index >= 15 is 0 Å². The molecule has 0 spiro atoms. The van der Waals surface area contributed by atoms with Gasteiger partial charge in [0.15, 0.2) is 0 Å². The van der Waals surface area contributed by atoms with E-state index in [0.29, 0.717) is 0 Å². The second kappa shape index (κ2) is 4.40. The van der Waals surface area contributed by atoms with E-state index in [1.807, 2.05) is 26.0 Å². The van der Waals surface area contributed by atoms with Crippen molar-refractivity contribution < 1.29 is 0 Å². The average Bonchev–Trinajstić information content (AvgIpc) is 1.83. The van der Waals surface area contributed by atoms with Crippen molar-refractivity contribution in [2.24, 2.45) is 5.84 Å². The number of hydrogen-bond donors (Lipinski definition) is 2. The molecule has 0 heterocycles. The molecule has 0 aromatic heterocycles. The molecule has 0 saturated heterocycles. The van der Waals surface area contributed by atoms with Gasteiger partial charge in [-0.2, -0.15) is 0 Å². The third kappa shape index (κ3) is 3.43. The molecule has 2 heteroatoms. The second-order valence-corrected chi connectivity index (χ2v) is 1.53. The minimum atomic E-state index is 1.20. The van der Waals surface area contributed by atoms with Crippen LogP contribution >= 0.6 is 0 Å². The van der Waals surface area contributed by atoms with Gasteiger partial charge in [-0.05, 0) is 19.9 Å². The molecule has 0 radical (unpaired) electrons. The van der Waals surface area contributed by atoms with Crippen LogP contribution in [-0.2, 0) is 0 Å². The summed E-state index contributed by atoms with van der Waals surface area (Å²) >= 11 is 0. The Kier molecular flexibility index (Phi) is 3.98. The molecule has 3 N–H and O–H groups in total. The van der Waals surface area contributed by atoms with Crippen LogP contribution in [-0.4, -0.2) is 0 Å². The van der Waals surface area contributed by atoms with Gasteiger partial charge in [-0.25, -0.2) is 0 Å². The number of hydrogen-bond acceptors (Lipinski definition) is 2. The minimum absolute atomic E-state index is 1.20. The van der Waals surface area contributed by atoms with Crippen molar-refractivity contribution in [1.82, 2.24) is 5.43 Å². The molecule has 0 atom stereocenters. The number of hydrazine groups is 1. The van der Waals surface area contributed by atoms with Crippen molar-refractivity contribution in [2.75, 3.05) is 0 Å². The van der Waals surface area contributed by atoms with Crippen LogP contribution in [0, 0.1) is 0 Å². The van der Waals surface area contributed by atoms with Crippen molar-refractivity contribution in [1.29, 1.82) is 0 Å². The highest BCUT2D eigenvalue weighted by atomic mass is 15.2. The molecule has 0 saturated carbocycles. The molecule has 46 valence electrons. The molecule has 2 nitrogen and oxygen atoms in total. The molecule has 0 fully saturated rings. The van der Waals surface area contributed by atoms with Gasteiger partial charge in [-0.15, -0.1) is 0 Å². The number of rotatable bonds is 2. The Bertz CT molecular complexity index is 103. The van der Waals surface area contributed by atoms with Crippen molar-refractivity contribution in [3.05, 3.63) is 23.9 Å². The topological polar surface area (TPSA) is 38.0 Å². The third-order valence-corrected chi connectivity index (χ3v) is 0.898.